The molecule has 0 amide bonds. The average Bonchev–Trinajstić information content (AvgIpc) is 2.63. The molecule has 3 atom stereocenters. The fraction of sp³-hybridized carbons (Fsp3) is 0.350. The summed E-state index contributed by atoms with van der Waals surface area (Å²) < 4.78 is 51.5. The molecule has 2 aliphatic rings. The summed E-state index contributed by atoms with van der Waals surface area (Å²) in [5.74, 6) is 1.04. The van der Waals surface area contributed by atoms with Gasteiger partial charge in [0.2, 0.25) is 0 Å². The van der Waals surface area contributed by atoms with Gasteiger partial charge in [-0.2, -0.15) is 13.2 Å². The van der Waals surface area contributed by atoms with Crippen LogP contribution in [0.1, 0.15) is 31.0 Å². The molecule has 0 saturated carbocycles. The Bertz CT molecular complexity index is 949. The number of fused-ring (bicyclic) bond motifs is 4. The first kappa shape index (κ1) is 18.9. The van der Waals surface area contributed by atoms with Crippen molar-refractivity contribution in [2.75, 3.05) is 12.0 Å². The molecule has 2 aliphatic heterocycles. The molecule has 1 fully saturated rings. The number of thiocarbonyl (C=S) groups is 1. The Balaban J connectivity index is 1.85. The number of halogens is 3. The van der Waals surface area contributed by atoms with Crippen LogP contribution in [0, 0.1) is 5.92 Å². The number of para-hydroxylation sites is 1. The normalized spacial score (nSPS) is 26.2. The third-order valence-electron chi connectivity index (χ3n) is 5.58. The van der Waals surface area contributed by atoms with Gasteiger partial charge in [-0.25, -0.2) is 0 Å². The lowest BCUT2D eigenvalue weighted by Crippen LogP contribution is -2.69. The largest absolute Gasteiger partial charge is 0.493 e. The highest BCUT2D eigenvalue weighted by Gasteiger charge is 2.54. The summed E-state index contributed by atoms with van der Waals surface area (Å²) in [5.41, 5.74) is -0.493. The molecular formula is C20H19F3N2O2S. The van der Waals surface area contributed by atoms with Crippen molar-refractivity contribution in [1.82, 2.24) is 5.32 Å². The fourth-order valence-electron chi connectivity index (χ4n) is 3.97. The van der Waals surface area contributed by atoms with Crippen LogP contribution in [0.5, 0.6) is 11.5 Å². The van der Waals surface area contributed by atoms with Crippen LogP contribution in [0.2, 0.25) is 0 Å². The van der Waals surface area contributed by atoms with Crippen molar-refractivity contribution < 1.29 is 22.6 Å². The monoisotopic (exact) mass is 408 g/mol. The van der Waals surface area contributed by atoms with Crippen molar-refractivity contribution in [3.8, 4) is 11.5 Å². The van der Waals surface area contributed by atoms with Crippen molar-refractivity contribution in [2.45, 2.75) is 31.8 Å². The molecule has 0 spiro atoms. The predicted octanol–water partition coefficient (Wildman–Crippen LogP) is 4.89. The van der Waals surface area contributed by atoms with Crippen LogP contribution >= 0.6 is 12.2 Å². The van der Waals surface area contributed by atoms with Gasteiger partial charge in [-0.1, -0.05) is 25.1 Å². The van der Waals surface area contributed by atoms with E-state index in [0.29, 0.717) is 22.3 Å². The number of benzene rings is 2. The van der Waals surface area contributed by atoms with E-state index in [-0.39, 0.29) is 12.0 Å². The van der Waals surface area contributed by atoms with Gasteiger partial charge in [0.25, 0.3) is 0 Å². The number of nitrogens with one attached hydrogen (secondary N) is 1. The van der Waals surface area contributed by atoms with Gasteiger partial charge < -0.3 is 14.8 Å². The molecule has 0 radical (unpaired) electrons. The molecule has 28 heavy (non-hydrogen) atoms. The first-order chi connectivity index (χ1) is 13.2. The van der Waals surface area contributed by atoms with Crippen molar-refractivity contribution in [2.24, 2.45) is 5.92 Å². The molecule has 1 saturated heterocycles. The topological polar surface area (TPSA) is 33.7 Å². The molecule has 0 unspecified atom stereocenters. The highest BCUT2D eigenvalue weighted by atomic mass is 32.1. The lowest BCUT2D eigenvalue weighted by Gasteiger charge is -2.56. The van der Waals surface area contributed by atoms with Gasteiger partial charge in [0.05, 0.1) is 18.7 Å². The molecule has 0 aromatic heterocycles. The van der Waals surface area contributed by atoms with Crippen LogP contribution in [0.25, 0.3) is 0 Å². The summed E-state index contributed by atoms with van der Waals surface area (Å²) in [7, 11) is 1.55. The van der Waals surface area contributed by atoms with Gasteiger partial charge in [0, 0.05) is 17.2 Å². The molecule has 4 nitrogen and oxygen atoms in total. The van der Waals surface area contributed by atoms with E-state index in [0.717, 1.165) is 17.7 Å². The van der Waals surface area contributed by atoms with E-state index in [1.54, 1.807) is 24.1 Å². The van der Waals surface area contributed by atoms with Crippen LogP contribution in [0.4, 0.5) is 18.9 Å². The minimum absolute atomic E-state index is 0.103. The molecule has 2 bridgehead atoms. The summed E-state index contributed by atoms with van der Waals surface area (Å²) in [6, 6.07) is 10.6. The predicted molar refractivity (Wildman–Crippen MR) is 104 cm³/mol. The van der Waals surface area contributed by atoms with Gasteiger partial charge in [-0.05, 0) is 43.4 Å². The zero-order chi connectivity index (χ0) is 20.3. The molecule has 0 aliphatic carbocycles. The standard InChI is InChI=1S/C20H19F3N2O2S/c1-11-16-14-8-5-9-15(26-3)17(14)27-19(11,2)25(18(28)24-16)13-7-4-6-12(10-13)20(21,22)23/h4-11,16H,1-3H3,(H,24,28)/t11-,16-,19+/m1/s1. The highest BCUT2D eigenvalue weighted by molar-refractivity contribution is 7.80. The van der Waals surface area contributed by atoms with Gasteiger partial charge in [-0.3, -0.25) is 4.90 Å². The lowest BCUT2D eigenvalue weighted by molar-refractivity contribution is -0.137. The van der Waals surface area contributed by atoms with Crippen molar-refractivity contribution >= 4 is 23.0 Å². The maximum Gasteiger partial charge on any atom is 0.416 e. The van der Waals surface area contributed by atoms with Gasteiger partial charge in [0.1, 0.15) is 0 Å². The van der Waals surface area contributed by atoms with E-state index in [1.165, 1.54) is 6.07 Å². The third-order valence-corrected chi connectivity index (χ3v) is 5.88. The molecule has 1 N–H and O–H groups in total. The summed E-state index contributed by atoms with van der Waals surface area (Å²) in [6.45, 7) is 3.83. The number of hydrogen-bond acceptors (Lipinski definition) is 3. The summed E-state index contributed by atoms with van der Waals surface area (Å²) >= 11 is 5.54. The van der Waals surface area contributed by atoms with Crippen LogP contribution in [-0.2, 0) is 6.18 Å². The first-order valence-corrected chi connectivity index (χ1v) is 9.21. The van der Waals surface area contributed by atoms with Crippen molar-refractivity contribution in [3.63, 3.8) is 0 Å². The van der Waals surface area contributed by atoms with E-state index in [2.05, 4.69) is 5.32 Å². The summed E-state index contributed by atoms with van der Waals surface area (Å²) in [4.78, 5) is 1.62. The van der Waals surface area contributed by atoms with Gasteiger partial charge >= 0.3 is 6.18 Å². The van der Waals surface area contributed by atoms with Crippen LogP contribution in [0.3, 0.4) is 0 Å². The second kappa shape index (κ2) is 6.27. The van der Waals surface area contributed by atoms with E-state index in [9.17, 15) is 13.2 Å². The van der Waals surface area contributed by atoms with E-state index < -0.39 is 17.5 Å². The van der Waals surface area contributed by atoms with Crippen molar-refractivity contribution in [3.05, 3.63) is 53.6 Å². The minimum Gasteiger partial charge on any atom is -0.493 e. The second-order valence-electron chi connectivity index (χ2n) is 7.13. The number of anilines is 1. The second-order valence-corrected chi connectivity index (χ2v) is 7.52. The van der Waals surface area contributed by atoms with E-state index in [1.807, 2.05) is 26.0 Å². The highest BCUT2D eigenvalue weighted by Crippen LogP contribution is 2.52. The molecule has 2 heterocycles. The van der Waals surface area contributed by atoms with Crippen LogP contribution in [-0.4, -0.2) is 17.9 Å². The number of rotatable bonds is 2. The van der Waals surface area contributed by atoms with Gasteiger partial charge in [-0.15, -0.1) is 0 Å². The van der Waals surface area contributed by atoms with E-state index >= 15 is 0 Å². The number of nitrogens with zero attached hydrogens (tertiary/aromatic N) is 1. The Hall–Kier alpha value is -2.48. The first-order valence-electron chi connectivity index (χ1n) is 8.80. The third kappa shape index (κ3) is 2.70. The summed E-state index contributed by atoms with van der Waals surface area (Å²) in [5, 5.41) is 3.60. The quantitative estimate of drug-likeness (QED) is 0.716. The Morgan fingerprint density at radius 1 is 1.21 bits per heavy atom. The SMILES string of the molecule is COc1cccc2c1O[C@@]1(C)[C@H](C)[C@H]2NC(=S)N1c1cccc(C(F)(F)F)c1. The van der Waals surface area contributed by atoms with E-state index in [4.69, 9.17) is 21.7 Å². The van der Waals surface area contributed by atoms with Crippen LogP contribution in [0.15, 0.2) is 42.5 Å². The molecule has 2 aromatic carbocycles. The average molecular weight is 408 g/mol. The Kier molecular flexibility index (Phi) is 4.22. The van der Waals surface area contributed by atoms with Crippen molar-refractivity contribution in [1.29, 1.82) is 0 Å². The summed E-state index contributed by atoms with van der Waals surface area (Å²) in [6.07, 6.45) is -4.45. The Labute approximate surface area is 166 Å². The zero-order valence-electron chi connectivity index (χ0n) is 15.5. The van der Waals surface area contributed by atoms with Crippen LogP contribution < -0.4 is 19.7 Å². The molecule has 148 valence electrons. The maximum absolute atomic E-state index is 13.2. The molecule has 2 aromatic rings. The fourth-order valence-corrected chi connectivity index (χ4v) is 4.39. The van der Waals surface area contributed by atoms with Gasteiger partial charge in [0.15, 0.2) is 22.3 Å². The Morgan fingerprint density at radius 2 is 1.93 bits per heavy atom. The molecule has 4 rings (SSSR count). The maximum atomic E-state index is 13.2. The number of ether oxygens (including phenoxy) is 2. The smallest absolute Gasteiger partial charge is 0.416 e. The minimum atomic E-state index is -4.45. The molecule has 8 heteroatoms. The lowest BCUT2D eigenvalue weighted by atomic mass is 9.80. The Morgan fingerprint density at radius 3 is 2.61 bits per heavy atom. The number of methoxy groups -OCH3 is 1. The number of alkyl halides is 3. The number of hydrogen-bond donors (Lipinski definition) is 1. The molecular weight excluding hydrogens is 389 g/mol. The zero-order valence-corrected chi connectivity index (χ0v) is 16.3.